The SMILES string of the molecule is CC/C=C/C(CC)CC(C)O. The third kappa shape index (κ3) is 6.11. The molecule has 0 aromatic heterocycles. The van der Waals surface area contributed by atoms with Crippen LogP contribution in [0.1, 0.15) is 40.0 Å². The van der Waals surface area contributed by atoms with Crippen LogP contribution in [0.4, 0.5) is 0 Å². The standard InChI is InChI=1S/C10H20O/c1-4-6-7-10(5-2)8-9(3)11/h6-7,9-11H,4-5,8H2,1-3H3/b7-6+. The Morgan fingerprint density at radius 3 is 2.36 bits per heavy atom. The molecule has 1 N–H and O–H groups in total. The molecule has 0 aromatic carbocycles. The first-order chi connectivity index (χ1) is 5.20. The predicted molar refractivity (Wildman–Crippen MR) is 49.5 cm³/mol. The third-order valence-corrected chi connectivity index (χ3v) is 1.81. The van der Waals surface area contributed by atoms with Crippen LogP contribution < -0.4 is 0 Å². The molecule has 66 valence electrons. The van der Waals surface area contributed by atoms with E-state index in [0.29, 0.717) is 5.92 Å². The summed E-state index contributed by atoms with van der Waals surface area (Å²) in [5.41, 5.74) is 0. The van der Waals surface area contributed by atoms with E-state index in [1.54, 1.807) is 0 Å². The van der Waals surface area contributed by atoms with Gasteiger partial charge in [0.05, 0.1) is 6.10 Å². The highest BCUT2D eigenvalue weighted by atomic mass is 16.3. The minimum Gasteiger partial charge on any atom is -0.393 e. The van der Waals surface area contributed by atoms with Crippen molar-refractivity contribution in [3.63, 3.8) is 0 Å². The molecule has 0 amide bonds. The molecule has 11 heavy (non-hydrogen) atoms. The summed E-state index contributed by atoms with van der Waals surface area (Å²) in [5.74, 6) is 0.565. The molecule has 0 heterocycles. The van der Waals surface area contributed by atoms with Gasteiger partial charge in [-0.15, -0.1) is 0 Å². The maximum atomic E-state index is 9.12. The molecule has 0 fully saturated rings. The van der Waals surface area contributed by atoms with Crippen molar-refractivity contribution in [3.05, 3.63) is 12.2 Å². The summed E-state index contributed by atoms with van der Waals surface area (Å²) >= 11 is 0. The first kappa shape index (κ1) is 10.7. The van der Waals surface area contributed by atoms with E-state index in [0.717, 1.165) is 19.3 Å². The van der Waals surface area contributed by atoms with E-state index in [9.17, 15) is 0 Å². The normalized spacial score (nSPS) is 17.1. The lowest BCUT2D eigenvalue weighted by molar-refractivity contribution is 0.168. The zero-order valence-corrected chi connectivity index (χ0v) is 7.88. The van der Waals surface area contributed by atoms with Crippen LogP contribution in [0, 0.1) is 5.92 Å². The Bertz CT molecular complexity index is 105. The highest BCUT2D eigenvalue weighted by molar-refractivity contribution is 4.87. The average molecular weight is 156 g/mol. The van der Waals surface area contributed by atoms with Gasteiger partial charge in [-0.05, 0) is 32.1 Å². The summed E-state index contributed by atoms with van der Waals surface area (Å²) in [7, 11) is 0. The van der Waals surface area contributed by atoms with E-state index >= 15 is 0 Å². The van der Waals surface area contributed by atoms with Gasteiger partial charge >= 0.3 is 0 Å². The van der Waals surface area contributed by atoms with Crippen LogP contribution in [0.5, 0.6) is 0 Å². The fraction of sp³-hybridized carbons (Fsp3) is 0.800. The largest absolute Gasteiger partial charge is 0.393 e. The summed E-state index contributed by atoms with van der Waals surface area (Å²) in [5, 5.41) is 9.12. The van der Waals surface area contributed by atoms with Gasteiger partial charge in [-0.2, -0.15) is 0 Å². The lowest BCUT2D eigenvalue weighted by Crippen LogP contribution is -2.06. The van der Waals surface area contributed by atoms with Crippen LogP contribution in [0.25, 0.3) is 0 Å². The van der Waals surface area contributed by atoms with E-state index < -0.39 is 0 Å². The van der Waals surface area contributed by atoms with Crippen LogP contribution in [0.15, 0.2) is 12.2 Å². The average Bonchev–Trinajstić information content (AvgIpc) is 1.97. The van der Waals surface area contributed by atoms with Crippen LogP contribution in [0.2, 0.25) is 0 Å². The van der Waals surface area contributed by atoms with Crippen molar-refractivity contribution in [2.45, 2.75) is 46.1 Å². The smallest absolute Gasteiger partial charge is 0.0517 e. The predicted octanol–water partition coefficient (Wildman–Crippen LogP) is 2.75. The number of aliphatic hydroxyl groups excluding tert-OH is 1. The van der Waals surface area contributed by atoms with Crippen molar-refractivity contribution in [1.82, 2.24) is 0 Å². The molecule has 0 rings (SSSR count). The van der Waals surface area contributed by atoms with Gasteiger partial charge in [0.25, 0.3) is 0 Å². The second kappa shape index (κ2) is 6.41. The zero-order chi connectivity index (χ0) is 8.69. The molecule has 0 saturated heterocycles. The minimum absolute atomic E-state index is 0.165. The number of aliphatic hydroxyl groups is 1. The Morgan fingerprint density at radius 2 is 2.00 bits per heavy atom. The van der Waals surface area contributed by atoms with Crippen molar-refractivity contribution < 1.29 is 5.11 Å². The molecule has 0 radical (unpaired) electrons. The van der Waals surface area contributed by atoms with Gasteiger partial charge in [-0.3, -0.25) is 0 Å². The lowest BCUT2D eigenvalue weighted by atomic mass is 9.99. The van der Waals surface area contributed by atoms with E-state index in [-0.39, 0.29) is 6.10 Å². The Kier molecular flexibility index (Phi) is 6.24. The molecule has 0 spiro atoms. The molecular formula is C10H20O. The summed E-state index contributed by atoms with van der Waals surface area (Å²) in [4.78, 5) is 0. The number of hydrogen-bond donors (Lipinski definition) is 1. The molecule has 0 aromatic rings. The molecule has 1 heteroatoms. The maximum absolute atomic E-state index is 9.12. The van der Waals surface area contributed by atoms with Crippen molar-refractivity contribution >= 4 is 0 Å². The van der Waals surface area contributed by atoms with Crippen LogP contribution >= 0.6 is 0 Å². The second-order valence-corrected chi connectivity index (χ2v) is 3.09. The fourth-order valence-electron chi connectivity index (χ4n) is 1.15. The molecule has 0 bridgehead atoms. The van der Waals surface area contributed by atoms with Gasteiger partial charge in [0, 0.05) is 0 Å². The van der Waals surface area contributed by atoms with Gasteiger partial charge in [0.2, 0.25) is 0 Å². The Balaban J connectivity index is 3.66. The van der Waals surface area contributed by atoms with Crippen LogP contribution in [-0.2, 0) is 0 Å². The third-order valence-electron chi connectivity index (χ3n) is 1.81. The van der Waals surface area contributed by atoms with Gasteiger partial charge < -0.3 is 5.11 Å². The summed E-state index contributed by atoms with van der Waals surface area (Å²) in [6.45, 7) is 6.14. The van der Waals surface area contributed by atoms with Gasteiger partial charge in [0.15, 0.2) is 0 Å². The molecule has 0 aliphatic heterocycles. The summed E-state index contributed by atoms with van der Waals surface area (Å²) in [6, 6.07) is 0. The van der Waals surface area contributed by atoms with Crippen LogP contribution in [-0.4, -0.2) is 11.2 Å². The van der Waals surface area contributed by atoms with E-state index in [2.05, 4.69) is 26.0 Å². The first-order valence-electron chi connectivity index (χ1n) is 4.55. The highest BCUT2D eigenvalue weighted by Gasteiger charge is 2.04. The first-order valence-corrected chi connectivity index (χ1v) is 4.55. The van der Waals surface area contributed by atoms with Gasteiger partial charge in [-0.25, -0.2) is 0 Å². The summed E-state index contributed by atoms with van der Waals surface area (Å²) < 4.78 is 0. The Hall–Kier alpha value is -0.300. The van der Waals surface area contributed by atoms with Crippen molar-refractivity contribution in [2.24, 2.45) is 5.92 Å². The number of allylic oxidation sites excluding steroid dienone is 2. The molecule has 2 atom stereocenters. The van der Waals surface area contributed by atoms with Crippen molar-refractivity contribution in [2.75, 3.05) is 0 Å². The number of rotatable bonds is 5. The Labute approximate surface area is 70.1 Å². The number of hydrogen-bond acceptors (Lipinski definition) is 1. The van der Waals surface area contributed by atoms with Crippen molar-refractivity contribution in [1.29, 1.82) is 0 Å². The lowest BCUT2D eigenvalue weighted by Gasteiger charge is -2.11. The van der Waals surface area contributed by atoms with E-state index in [1.807, 2.05) is 6.92 Å². The maximum Gasteiger partial charge on any atom is 0.0517 e. The Morgan fingerprint density at radius 1 is 1.36 bits per heavy atom. The van der Waals surface area contributed by atoms with Crippen LogP contribution in [0.3, 0.4) is 0 Å². The molecule has 0 saturated carbocycles. The van der Waals surface area contributed by atoms with E-state index in [4.69, 9.17) is 5.11 Å². The molecule has 1 nitrogen and oxygen atoms in total. The topological polar surface area (TPSA) is 20.2 Å². The summed E-state index contributed by atoms with van der Waals surface area (Å²) in [6.07, 6.45) is 7.34. The fourth-order valence-corrected chi connectivity index (χ4v) is 1.15. The molecule has 0 aliphatic rings. The molecule has 0 aliphatic carbocycles. The molecular weight excluding hydrogens is 136 g/mol. The second-order valence-electron chi connectivity index (χ2n) is 3.09. The molecule has 2 unspecified atom stereocenters. The quantitative estimate of drug-likeness (QED) is 0.607. The minimum atomic E-state index is -0.165. The highest BCUT2D eigenvalue weighted by Crippen LogP contribution is 2.12. The van der Waals surface area contributed by atoms with Gasteiger partial charge in [0.1, 0.15) is 0 Å². The zero-order valence-electron chi connectivity index (χ0n) is 7.88. The van der Waals surface area contributed by atoms with Crippen molar-refractivity contribution in [3.8, 4) is 0 Å². The van der Waals surface area contributed by atoms with Gasteiger partial charge in [-0.1, -0.05) is 26.0 Å². The van der Waals surface area contributed by atoms with E-state index in [1.165, 1.54) is 0 Å². The monoisotopic (exact) mass is 156 g/mol.